The number of benzene rings is 2. The third kappa shape index (κ3) is 2.47. The molecule has 0 unspecified atom stereocenters. The first kappa shape index (κ1) is 15.8. The fourth-order valence-corrected chi connectivity index (χ4v) is 3.07. The summed E-state index contributed by atoms with van der Waals surface area (Å²) in [5.41, 5.74) is 3.72. The summed E-state index contributed by atoms with van der Waals surface area (Å²) < 4.78 is 10.8. The zero-order valence-corrected chi connectivity index (χ0v) is 14.3. The van der Waals surface area contributed by atoms with E-state index in [9.17, 15) is 5.26 Å². The van der Waals surface area contributed by atoms with Crippen molar-refractivity contribution in [3.63, 3.8) is 0 Å². The van der Waals surface area contributed by atoms with E-state index < -0.39 is 0 Å². The summed E-state index contributed by atoms with van der Waals surface area (Å²) in [7, 11) is 3.16. The Labute approximate surface area is 150 Å². The van der Waals surface area contributed by atoms with E-state index in [1.165, 1.54) is 0 Å². The van der Waals surface area contributed by atoms with Crippen molar-refractivity contribution in [2.24, 2.45) is 0 Å². The number of pyridine rings is 1. The molecule has 2 heterocycles. The molecule has 0 aliphatic heterocycles. The standard InChI is InChI=1S/C20H16N4O2/c1-25-17-6-4-15-18(13(10-21)11-23-19(15)20(17)26-2)24-14-3-5-16-12(9-14)7-8-22-16/h3-9,11,22H,1-2H3,(H,23,24). The number of nitriles is 1. The van der Waals surface area contributed by atoms with Crippen molar-refractivity contribution >= 4 is 33.2 Å². The third-order valence-corrected chi connectivity index (χ3v) is 4.32. The number of ether oxygens (including phenoxy) is 2. The topological polar surface area (TPSA) is 83.0 Å². The fourth-order valence-electron chi connectivity index (χ4n) is 3.07. The minimum atomic E-state index is 0.457. The molecule has 2 aromatic carbocycles. The SMILES string of the molecule is COc1ccc2c(Nc3ccc4[nH]ccc4c3)c(C#N)cnc2c1OC. The van der Waals surface area contributed by atoms with Gasteiger partial charge in [-0.25, -0.2) is 0 Å². The summed E-state index contributed by atoms with van der Waals surface area (Å²) in [6.45, 7) is 0. The quantitative estimate of drug-likeness (QED) is 0.575. The summed E-state index contributed by atoms with van der Waals surface area (Å²) >= 11 is 0. The smallest absolute Gasteiger partial charge is 0.187 e. The molecule has 4 aromatic rings. The molecule has 2 N–H and O–H groups in total. The van der Waals surface area contributed by atoms with Gasteiger partial charge in [0.1, 0.15) is 11.6 Å². The number of aromatic nitrogens is 2. The van der Waals surface area contributed by atoms with Crippen LogP contribution in [0.1, 0.15) is 5.56 Å². The van der Waals surface area contributed by atoms with Crippen LogP contribution in [-0.4, -0.2) is 24.2 Å². The molecule has 0 saturated heterocycles. The maximum atomic E-state index is 9.53. The van der Waals surface area contributed by atoms with Gasteiger partial charge in [0.15, 0.2) is 11.5 Å². The maximum absolute atomic E-state index is 9.53. The number of nitrogens with one attached hydrogen (secondary N) is 2. The highest BCUT2D eigenvalue weighted by molar-refractivity contribution is 6.00. The molecule has 2 aromatic heterocycles. The van der Waals surface area contributed by atoms with Gasteiger partial charge in [0.25, 0.3) is 0 Å². The van der Waals surface area contributed by atoms with Gasteiger partial charge in [0, 0.05) is 34.4 Å². The lowest BCUT2D eigenvalue weighted by Gasteiger charge is -2.15. The van der Waals surface area contributed by atoms with E-state index in [-0.39, 0.29) is 0 Å². The van der Waals surface area contributed by atoms with Gasteiger partial charge in [-0.05, 0) is 36.4 Å². The van der Waals surface area contributed by atoms with Crippen LogP contribution in [0.15, 0.2) is 48.8 Å². The molecule has 0 amide bonds. The average Bonchev–Trinajstić information content (AvgIpc) is 3.15. The van der Waals surface area contributed by atoms with Crippen LogP contribution in [0, 0.1) is 11.3 Å². The number of aromatic amines is 1. The van der Waals surface area contributed by atoms with Gasteiger partial charge in [-0.2, -0.15) is 5.26 Å². The first-order chi connectivity index (χ1) is 12.7. The van der Waals surface area contributed by atoms with E-state index in [0.29, 0.717) is 28.3 Å². The number of rotatable bonds is 4. The Hall–Kier alpha value is -3.72. The molecule has 0 radical (unpaired) electrons. The van der Waals surface area contributed by atoms with Crippen LogP contribution in [0.25, 0.3) is 21.8 Å². The zero-order chi connectivity index (χ0) is 18.1. The van der Waals surface area contributed by atoms with Crippen LogP contribution in [0.2, 0.25) is 0 Å². The molecule has 0 spiro atoms. The number of nitrogens with zero attached hydrogens (tertiary/aromatic N) is 2. The van der Waals surface area contributed by atoms with Crippen molar-refractivity contribution in [3.05, 3.63) is 54.4 Å². The van der Waals surface area contributed by atoms with Gasteiger partial charge in [-0.1, -0.05) is 0 Å². The van der Waals surface area contributed by atoms with Crippen LogP contribution < -0.4 is 14.8 Å². The van der Waals surface area contributed by atoms with Gasteiger partial charge in [0.2, 0.25) is 0 Å². The first-order valence-corrected chi connectivity index (χ1v) is 8.03. The van der Waals surface area contributed by atoms with E-state index in [4.69, 9.17) is 9.47 Å². The monoisotopic (exact) mass is 344 g/mol. The van der Waals surface area contributed by atoms with Crippen LogP contribution in [0.3, 0.4) is 0 Å². The third-order valence-electron chi connectivity index (χ3n) is 4.32. The first-order valence-electron chi connectivity index (χ1n) is 8.03. The Morgan fingerprint density at radius 3 is 2.77 bits per heavy atom. The van der Waals surface area contributed by atoms with Crippen LogP contribution in [0.5, 0.6) is 11.5 Å². The van der Waals surface area contributed by atoms with E-state index in [1.807, 2.05) is 42.6 Å². The Kier molecular flexibility index (Phi) is 3.82. The van der Waals surface area contributed by atoms with Gasteiger partial charge in [-0.3, -0.25) is 4.98 Å². The summed E-state index contributed by atoms with van der Waals surface area (Å²) in [6, 6.07) is 13.9. The van der Waals surface area contributed by atoms with Crippen molar-refractivity contribution in [3.8, 4) is 17.6 Å². The number of fused-ring (bicyclic) bond motifs is 2. The Bertz CT molecular complexity index is 1160. The van der Waals surface area contributed by atoms with Crippen LogP contribution >= 0.6 is 0 Å². The molecule has 128 valence electrons. The van der Waals surface area contributed by atoms with Gasteiger partial charge >= 0.3 is 0 Å². The van der Waals surface area contributed by atoms with Gasteiger partial charge in [-0.15, -0.1) is 0 Å². The molecule has 0 aliphatic rings. The lowest BCUT2D eigenvalue weighted by molar-refractivity contribution is 0.358. The molecular formula is C20H16N4O2. The maximum Gasteiger partial charge on any atom is 0.187 e. The second-order valence-corrected chi connectivity index (χ2v) is 5.76. The highest BCUT2D eigenvalue weighted by Crippen LogP contribution is 2.39. The molecule has 0 fully saturated rings. The average molecular weight is 344 g/mol. The van der Waals surface area contributed by atoms with Crippen LogP contribution in [-0.2, 0) is 0 Å². The zero-order valence-electron chi connectivity index (χ0n) is 14.3. The molecule has 0 saturated carbocycles. The molecule has 4 rings (SSSR count). The van der Waals surface area contributed by atoms with Crippen molar-refractivity contribution in [1.29, 1.82) is 5.26 Å². The summed E-state index contributed by atoms with van der Waals surface area (Å²) in [5.74, 6) is 1.13. The van der Waals surface area contributed by atoms with E-state index in [2.05, 4.69) is 21.4 Å². The summed E-state index contributed by atoms with van der Waals surface area (Å²) in [4.78, 5) is 7.57. The largest absolute Gasteiger partial charge is 0.493 e. The predicted molar refractivity (Wildman–Crippen MR) is 101 cm³/mol. The summed E-state index contributed by atoms with van der Waals surface area (Å²) in [6.07, 6.45) is 3.44. The van der Waals surface area contributed by atoms with E-state index in [0.717, 1.165) is 22.0 Å². The Morgan fingerprint density at radius 2 is 2.00 bits per heavy atom. The number of methoxy groups -OCH3 is 2. The number of anilines is 2. The minimum Gasteiger partial charge on any atom is -0.493 e. The number of H-pyrrole nitrogens is 1. The Morgan fingerprint density at radius 1 is 1.12 bits per heavy atom. The van der Waals surface area contributed by atoms with Crippen LogP contribution in [0.4, 0.5) is 11.4 Å². The lowest BCUT2D eigenvalue weighted by atomic mass is 10.1. The molecule has 0 aliphatic carbocycles. The highest BCUT2D eigenvalue weighted by atomic mass is 16.5. The Balaban J connectivity index is 1.90. The molecule has 0 atom stereocenters. The van der Waals surface area contributed by atoms with Crippen molar-refractivity contribution in [2.45, 2.75) is 0 Å². The second kappa shape index (κ2) is 6.30. The highest BCUT2D eigenvalue weighted by Gasteiger charge is 2.16. The lowest BCUT2D eigenvalue weighted by Crippen LogP contribution is -1.99. The van der Waals surface area contributed by atoms with Crippen molar-refractivity contribution in [1.82, 2.24) is 9.97 Å². The number of hydrogen-bond donors (Lipinski definition) is 2. The predicted octanol–water partition coefficient (Wildman–Crippen LogP) is 4.35. The van der Waals surface area contributed by atoms with Gasteiger partial charge < -0.3 is 19.8 Å². The summed E-state index contributed by atoms with van der Waals surface area (Å²) in [5, 5.41) is 14.8. The molecule has 6 nitrogen and oxygen atoms in total. The van der Waals surface area contributed by atoms with Crippen molar-refractivity contribution in [2.75, 3.05) is 19.5 Å². The molecular weight excluding hydrogens is 328 g/mol. The molecule has 6 heteroatoms. The van der Waals surface area contributed by atoms with Crippen molar-refractivity contribution < 1.29 is 9.47 Å². The normalized spacial score (nSPS) is 10.7. The second-order valence-electron chi connectivity index (χ2n) is 5.76. The number of hydrogen-bond acceptors (Lipinski definition) is 5. The fraction of sp³-hybridized carbons (Fsp3) is 0.100. The van der Waals surface area contributed by atoms with Gasteiger partial charge in [0.05, 0.1) is 25.5 Å². The van der Waals surface area contributed by atoms with E-state index in [1.54, 1.807) is 20.4 Å². The van der Waals surface area contributed by atoms with E-state index >= 15 is 0 Å². The molecule has 26 heavy (non-hydrogen) atoms. The minimum absolute atomic E-state index is 0.457. The molecule has 0 bridgehead atoms.